The smallest absolute Gasteiger partial charge is 0.137 e. The molecule has 100 valence electrons. The molecule has 2 aromatic rings. The van der Waals surface area contributed by atoms with Crippen LogP contribution in [-0.2, 0) is 0 Å². The number of aliphatic hydroxyl groups excluding tert-OH is 1. The van der Waals surface area contributed by atoms with Crippen LogP contribution < -0.4 is 4.74 Å². The van der Waals surface area contributed by atoms with Crippen molar-refractivity contribution in [3.8, 4) is 5.75 Å². The van der Waals surface area contributed by atoms with E-state index < -0.39 is 6.10 Å². The lowest BCUT2D eigenvalue weighted by Gasteiger charge is -2.14. The maximum absolute atomic E-state index is 10.4. The van der Waals surface area contributed by atoms with Gasteiger partial charge in [-0.3, -0.25) is 4.98 Å². The number of aromatic nitrogens is 1. The first-order valence-corrected chi connectivity index (χ1v) is 6.99. The minimum atomic E-state index is -0.805. The van der Waals surface area contributed by atoms with Gasteiger partial charge in [0.25, 0.3) is 0 Å². The van der Waals surface area contributed by atoms with Crippen molar-refractivity contribution in [1.82, 2.24) is 4.98 Å². The SMILES string of the molecule is CCOc1cncc(C(O)c2cc(Cl)ccc2Br)c1. The Morgan fingerprint density at radius 1 is 1.37 bits per heavy atom. The first-order chi connectivity index (χ1) is 9.11. The molecule has 0 radical (unpaired) electrons. The third-order valence-corrected chi connectivity index (χ3v) is 3.57. The highest BCUT2D eigenvalue weighted by Crippen LogP contribution is 2.31. The van der Waals surface area contributed by atoms with Crippen LogP contribution in [0.2, 0.25) is 5.02 Å². The fourth-order valence-electron chi connectivity index (χ4n) is 1.73. The molecule has 0 fully saturated rings. The van der Waals surface area contributed by atoms with Gasteiger partial charge in [-0.15, -0.1) is 0 Å². The van der Waals surface area contributed by atoms with Gasteiger partial charge in [0.2, 0.25) is 0 Å². The largest absolute Gasteiger partial charge is 0.492 e. The summed E-state index contributed by atoms with van der Waals surface area (Å²) in [5, 5.41) is 11.0. The molecule has 5 heteroatoms. The molecule has 1 atom stereocenters. The molecule has 0 spiro atoms. The summed E-state index contributed by atoms with van der Waals surface area (Å²) in [6.45, 7) is 2.46. The Morgan fingerprint density at radius 3 is 2.89 bits per heavy atom. The van der Waals surface area contributed by atoms with Crippen molar-refractivity contribution in [3.05, 3.63) is 57.3 Å². The van der Waals surface area contributed by atoms with Gasteiger partial charge in [0.15, 0.2) is 0 Å². The number of aliphatic hydroxyl groups is 1. The molecule has 1 heterocycles. The summed E-state index contributed by atoms with van der Waals surface area (Å²) >= 11 is 9.36. The standard InChI is InChI=1S/C14H13BrClNO2/c1-2-19-11-5-9(7-17-8-11)14(18)12-6-10(16)3-4-13(12)15/h3-8,14,18H,2H2,1H3. The molecule has 1 aromatic heterocycles. The molecular weight excluding hydrogens is 330 g/mol. The van der Waals surface area contributed by atoms with E-state index in [1.165, 1.54) is 0 Å². The van der Waals surface area contributed by atoms with Crippen LogP contribution in [0.3, 0.4) is 0 Å². The summed E-state index contributed by atoms with van der Waals surface area (Å²) in [7, 11) is 0. The van der Waals surface area contributed by atoms with Crippen LogP contribution in [0.4, 0.5) is 0 Å². The van der Waals surface area contributed by atoms with E-state index in [4.69, 9.17) is 16.3 Å². The van der Waals surface area contributed by atoms with E-state index in [9.17, 15) is 5.11 Å². The van der Waals surface area contributed by atoms with Crippen LogP contribution in [0.15, 0.2) is 41.1 Å². The number of rotatable bonds is 4. The molecule has 0 saturated heterocycles. The Bertz CT molecular complexity index is 577. The summed E-state index contributed by atoms with van der Waals surface area (Å²) in [6, 6.07) is 7.07. The zero-order valence-electron chi connectivity index (χ0n) is 10.3. The zero-order chi connectivity index (χ0) is 13.8. The van der Waals surface area contributed by atoms with Crippen molar-refractivity contribution in [2.24, 2.45) is 0 Å². The molecule has 0 aliphatic heterocycles. The minimum absolute atomic E-state index is 0.558. The Morgan fingerprint density at radius 2 is 2.16 bits per heavy atom. The van der Waals surface area contributed by atoms with Crippen molar-refractivity contribution in [3.63, 3.8) is 0 Å². The lowest BCUT2D eigenvalue weighted by Crippen LogP contribution is -2.02. The molecular formula is C14H13BrClNO2. The number of hydrogen-bond acceptors (Lipinski definition) is 3. The topological polar surface area (TPSA) is 42.4 Å². The van der Waals surface area contributed by atoms with Crippen molar-refractivity contribution >= 4 is 27.5 Å². The van der Waals surface area contributed by atoms with Gasteiger partial charge in [-0.2, -0.15) is 0 Å². The fraction of sp³-hybridized carbons (Fsp3) is 0.214. The molecule has 2 rings (SSSR count). The predicted molar refractivity (Wildman–Crippen MR) is 78.6 cm³/mol. The van der Waals surface area contributed by atoms with Gasteiger partial charge in [-0.05, 0) is 31.2 Å². The number of benzene rings is 1. The van der Waals surface area contributed by atoms with Gasteiger partial charge < -0.3 is 9.84 Å². The summed E-state index contributed by atoms with van der Waals surface area (Å²) in [4.78, 5) is 4.07. The number of halogens is 2. The normalized spacial score (nSPS) is 12.2. The Labute approximate surface area is 125 Å². The summed E-state index contributed by atoms with van der Waals surface area (Å²) in [6.07, 6.45) is 2.42. The third-order valence-electron chi connectivity index (χ3n) is 2.61. The van der Waals surface area contributed by atoms with Crippen LogP contribution in [0, 0.1) is 0 Å². The van der Waals surface area contributed by atoms with Gasteiger partial charge in [0, 0.05) is 26.8 Å². The first kappa shape index (κ1) is 14.3. The van der Waals surface area contributed by atoms with Crippen molar-refractivity contribution in [2.75, 3.05) is 6.61 Å². The van der Waals surface area contributed by atoms with E-state index in [2.05, 4.69) is 20.9 Å². The van der Waals surface area contributed by atoms with Crippen molar-refractivity contribution < 1.29 is 9.84 Å². The summed E-state index contributed by atoms with van der Waals surface area (Å²) in [5.74, 6) is 0.636. The molecule has 1 aromatic carbocycles. The second-order valence-corrected chi connectivity index (χ2v) is 5.25. The predicted octanol–water partition coefficient (Wildman–Crippen LogP) is 3.98. The van der Waals surface area contributed by atoms with Gasteiger partial charge in [0.1, 0.15) is 11.9 Å². The maximum atomic E-state index is 10.4. The highest BCUT2D eigenvalue weighted by atomic mass is 79.9. The number of hydrogen-bond donors (Lipinski definition) is 1. The fourth-order valence-corrected chi connectivity index (χ4v) is 2.38. The van der Waals surface area contributed by atoms with E-state index in [0.717, 1.165) is 4.47 Å². The van der Waals surface area contributed by atoms with E-state index in [1.54, 1.807) is 36.7 Å². The van der Waals surface area contributed by atoms with E-state index in [-0.39, 0.29) is 0 Å². The molecule has 0 saturated carbocycles. The Kier molecular flexibility index (Phi) is 4.80. The third kappa shape index (κ3) is 3.47. The molecule has 1 N–H and O–H groups in total. The molecule has 0 bridgehead atoms. The van der Waals surface area contributed by atoms with E-state index in [0.29, 0.717) is 28.5 Å². The average Bonchev–Trinajstić information content (AvgIpc) is 2.41. The van der Waals surface area contributed by atoms with Crippen LogP contribution in [0.25, 0.3) is 0 Å². The molecule has 3 nitrogen and oxygen atoms in total. The second-order valence-electron chi connectivity index (χ2n) is 3.96. The Hall–Kier alpha value is -1.10. The first-order valence-electron chi connectivity index (χ1n) is 5.82. The van der Waals surface area contributed by atoms with Crippen LogP contribution in [-0.4, -0.2) is 16.7 Å². The number of nitrogens with zero attached hydrogens (tertiary/aromatic N) is 1. The van der Waals surface area contributed by atoms with Crippen LogP contribution in [0.5, 0.6) is 5.75 Å². The lowest BCUT2D eigenvalue weighted by atomic mass is 10.0. The Balaban J connectivity index is 2.35. The summed E-state index contributed by atoms with van der Waals surface area (Å²) < 4.78 is 6.17. The van der Waals surface area contributed by atoms with Crippen LogP contribution >= 0.6 is 27.5 Å². The van der Waals surface area contributed by atoms with E-state index in [1.807, 2.05) is 6.92 Å². The molecule has 19 heavy (non-hydrogen) atoms. The van der Waals surface area contributed by atoms with E-state index >= 15 is 0 Å². The maximum Gasteiger partial charge on any atom is 0.137 e. The molecule has 0 aliphatic rings. The van der Waals surface area contributed by atoms with Gasteiger partial charge in [-0.1, -0.05) is 27.5 Å². The van der Waals surface area contributed by atoms with Crippen molar-refractivity contribution in [2.45, 2.75) is 13.0 Å². The zero-order valence-corrected chi connectivity index (χ0v) is 12.6. The average molecular weight is 343 g/mol. The number of ether oxygens (including phenoxy) is 1. The minimum Gasteiger partial charge on any atom is -0.492 e. The highest BCUT2D eigenvalue weighted by Gasteiger charge is 2.15. The molecule has 0 aliphatic carbocycles. The van der Waals surface area contributed by atoms with Gasteiger partial charge in [-0.25, -0.2) is 0 Å². The second kappa shape index (κ2) is 6.37. The number of pyridine rings is 1. The summed E-state index contributed by atoms with van der Waals surface area (Å²) in [5.41, 5.74) is 1.36. The lowest BCUT2D eigenvalue weighted by molar-refractivity contribution is 0.218. The quantitative estimate of drug-likeness (QED) is 0.914. The van der Waals surface area contributed by atoms with Gasteiger partial charge >= 0.3 is 0 Å². The highest BCUT2D eigenvalue weighted by molar-refractivity contribution is 9.10. The monoisotopic (exact) mass is 341 g/mol. The molecule has 1 unspecified atom stereocenters. The van der Waals surface area contributed by atoms with Crippen molar-refractivity contribution in [1.29, 1.82) is 0 Å². The molecule has 0 amide bonds. The van der Waals surface area contributed by atoms with Crippen LogP contribution in [0.1, 0.15) is 24.2 Å². The van der Waals surface area contributed by atoms with Gasteiger partial charge in [0.05, 0.1) is 12.8 Å².